The van der Waals surface area contributed by atoms with Gasteiger partial charge in [0.1, 0.15) is 0 Å². The van der Waals surface area contributed by atoms with Crippen LogP contribution in [0.2, 0.25) is 0 Å². The van der Waals surface area contributed by atoms with E-state index in [-0.39, 0.29) is 17.5 Å². The molecule has 2 rings (SSSR count). The number of hydrogen-bond donors (Lipinski definition) is 2. The van der Waals surface area contributed by atoms with E-state index in [1.54, 1.807) is 11.8 Å². The molecule has 19 heavy (non-hydrogen) atoms. The first-order valence-corrected chi connectivity index (χ1v) is 6.72. The first-order chi connectivity index (χ1) is 8.90. The Balaban J connectivity index is 2.29. The number of primary amides is 1. The Kier molecular flexibility index (Phi) is 3.72. The molecular formula is C11H15N3O4S. The summed E-state index contributed by atoms with van der Waals surface area (Å²) in [6, 6.07) is 1.39. The van der Waals surface area contributed by atoms with E-state index < -0.39 is 11.0 Å². The van der Waals surface area contributed by atoms with Crippen LogP contribution >= 0.6 is 11.3 Å². The molecule has 1 fully saturated rings. The fraction of sp³-hybridized carbons (Fsp3) is 0.545. The summed E-state index contributed by atoms with van der Waals surface area (Å²) in [5.74, 6) is -0.644. The molecule has 104 valence electrons. The van der Waals surface area contributed by atoms with Crippen LogP contribution in [-0.4, -0.2) is 29.0 Å². The summed E-state index contributed by atoms with van der Waals surface area (Å²) in [6.45, 7) is 2.53. The Morgan fingerprint density at radius 3 is 2.89 bits per heavy atom. The second-order valence-electron chi connectivity index (χ2n) is 4.61. The number of aliphatic hydroxyl groups excluding tert-OH is 1. The predicted octanol–water partition coefficient (Wildman–Crippen LogP) is 1.02. The highest BCUT2D eigenvalue weighted by molar-refractivity contribution is 7.16. The minimum atomic E-state index is -0.744. The molecule has 2 atom stereocenters. The largest absolute Gasteiger partial charge is 0.388 e. The van der Waals surface area contributed by atoms with Crippen molar-refractivity contribution < 1.29 is 14.8 Å². The molecule has 1 saturated heterocycles. The number of nitrogens with zero attached hydrogens (tertiary/aromatic N) is 2. The Bertz CT molecular complexity index is 514. The Hall–Kier alpha value is -1.67. The van der Waals surface area contributed by atoms with Crippen molar-refractivity contribution in [3.8, 4) is 0 Å². The monoisotopic (exact) mass is 285 g/mol. The third-order valence-corrected chi connectivity index (χ3v) is 4.55. The van der Waals surface area contributed by atoms with E-state index in [4.69, 9.17) is 5.73 Å². The van der Waals surface area contributed by atoms with Gasteiger partial charge in [0.15, 0.2) is 5.00 Å². The number of carbonyl (C=O) groups excluding carboxylic acids is 1. The highest BCUT2D eigenvalue weighted by atomic mass is 32.1. The molecule has 0 bridgehead atoms. The summed E-state index contributed by atoms with van der Waals surface area (Å²) in [4.78, 5) is 24.1. The number of thiophene rings is 1. The number of amides is 1. The molecule has 0 aromatic carbocycles. The first kappa shape index (κ1) is 13.8. The lowest BCUT2D eigenvalue weighted by Crippen LogP contribution is -2.27. The number of nitrogens with two attached hydrogens (primary N) is 1. The van der Waals surface area contributed by atoms with Crippen LogP contribution in [0.4, 0.5) is 10.7 Å². The van der Waals surface area contributed by atoms with Crippen LogP contribution in [-0.2, 0) is 4.79 Å². The maximum absolute atomic E-state index is 11.1. The normalized spacial score (nSPS) is 20.5. The Morgan fingerprint density at radius 2 is 2.42 bits per heavy atom. The van der Waals surface area contributed by atoms with E-state index in [0.717, 1.165) is 0 Å². The molecule has 1 amide bonds. The number of anilines is 1. The summed E-state index contributed by atoms with van der Waals surface area (Å²) < 4.78 is 0. The molecule has 1 aromatic rings. The van der Waals surface area contributed by atoms with Crippen molar-refractivity contribution in [1.82, 2.24) is 0 Å². The highest BCUT2D eigenvalue weighted by Crippen LogP contribution is 2.41. The van der Waals surface area contributed by atoms with E-state index >= 15 is 0 Å². The summed E-state index contributed by atoms with van der Waals surface area (Å²) >= 11 is 1.19. The van der Waals surface area contributed by atoms with Crippen molar-refractivity contribution in [1.29, 1.82) is 0 Å². The molecule has 0 aliphatic carbocycles. The lowest BCUT2D eigenvalue weighted by atomic mass is 10.1. The Morgan fingerprint density at radius 1 is 1.74 bits per heavy atom. The van der Waals surface area contributed by atoms with Gasteiger partial charge >= 0.3 is 5.69 Å². The zero-order valence-corrected chi connectivity index (χ0v) is 11.2. The van der Waals surface area contributed by atoms with E-state index in [1.807, 2.05) is 0 Å². The zero-order valence-electron chi connectivity index (χ0n) is 10.4. The van der Waals surface area contributed by atoms with Crippen molar-refractivity contribution in [3.05, 3.63) is 21.1 Å². The number of hydrogen-bond acceptors (Lipinski definition) is 6. The van der Waals surface area contributed by atoms with E-state index in [0.29, 0.717) is 29.4 Å². The van der Waals surface area contributed by atoms with Crippen molar-refractivity contribution in [3.63, 3.8) is 0 Å². The number of carbonyl (C=O) groups is 1. The van der Waals surface area contributed by atoms with Gasteiger partial charge in [-0.05, 0) is 13.3 Å². The van der Waals surface area contributed by atoms with Gasteiger partial charge in [-0.1, -0.05) is 0 Å². The molecule has 2 heterocycles. The van der Waals surface area contributed by atoms with Gasteiger partial charge in [-0.2, -0.15) is 0 Å². The summed E-state index contributed by atoms with van der Waals surface area (Å²) in [5.41, 5.74) is 5.23. The molecule has 1 aliphatic heterocycles. The molecule has 0 saturated carbocycles. The number of nitro groups is 1. The number of aliphatic hydroxyl groups is 1. The van der Waals surface area contributed by atoms with Crippen molar-refractivity contribution >= 4 is 27.9 Å². The lowest BCUT2D eigenvalue weighted by Gasteiger charge is -2.14. The van der Waals surface area contributed by atoms with Gasteiger partial charge in [0.2, 0.25) is 5.91 Å². The van der Waals surface area contributed by atoms with E-state index in [1.165, 1.54) is 17.4 Å². The standard InChI is InChI=1S/C11H15N3O4S/c1-6(15)9-4-8(14(17)18)11(19-9)13-3-2-7(5-13)10(12)16/h4,6-7,15H,2-3,5H2,1H3,(H2,12,16)/t6-,7?/m0/s1. The fourth-order valence-corrected chi connectivity index (χ4v) is 3.23. The SMILES string of the molecule is C[C@H](O)c1cc([N+](=O)[O-])c(N2CCC(C(N)=O)C2)s1. The summed E-state index contributed by atoms with van der Waals surface area (Å²) in [6.07, 6.45) is -0.138. The minimum absolute atomic E-state index is 0.0222. The van der Waals surface area contributed by atoms with Crippen LogP contribution in [0.15, 0.2) is 6.07 Å². The first-order valence-electron chi connectivity index (χ1n) is 5.90. The van der Waals surface area contributed by atoms with E-state index in [9.17, 15) is 20.0 Å². The average molecular weight is 285 g/mol. The third-order valence-electron chi connectivity index (χ3n) is 3.20. The molecule has 1 aromatic heterocycles. The van der Waals surface area contributed by atoms with Crippen LogP contribution in [0.25, 0.3) is 0 Å². The molecule has 0 spiro atoms. The predicted molar refractivity (Wildman–Crippen MR) is 71.1 cm³/mol. The molecule has 1 unspecified atom stereocenters. The van der Waals surface area contributed by atoms with Gasteiger partial charge in [-0.3, -0.25) is 14.9 Å². The molecule has 0 radical (unpaired) electrons. The summed E-state index contributed by atoms with van der Waals surface area (Å²) in [5, 5.41) is 21.1. The van der Waals surface area contributed by atoms with Crippen molar-refractivity contribution in [2.75, 3.05) is 18.0 Å². The van der Waals surface area contributed by atoms with Crippen LogP contribution in [0.1, 0.15) is 24.3 Å². The zero-order chi connectivity index (χ0) is 14.2. The quantitative estimate of drug-likeness (QED) is 0.634. The minimum Gasteiger partial charge on any atom is -0.388 e. The van der Waals surface area contributed by atoms with E-state index in [2.05, 4.69) is 0 Å². The smallest absolute Gasteiger partial charge is 0.304 e. The van der Waals surface area contributed by atoms with Crippen LogP contribution < -0.4 is 10.6 Å². The Labute approximate surface area is 113 Å². The third kappa shape index (κ3) is 2.69. The van der Waals surface area contributed by atoms with Gasteiger partial charge in [0.25, 0.3) is 0 Å². The van der Waals surface area contributed by atoms with Crippen molar-refractivity contribution in [2.45, 2.75) is 19.4 Å². The van der Waals surface area contributed by atoms with Gasteiger partial charge in [0.05, 0.1) is 16.9 Å². The lowest BCUT2D eigenvalue weighted by molar-refractivity contribution is -0.383. The van der Waals surface area contributed by atoms with Gasteiger partial charge in [-0.25, -0.2) is 0 Å². The second-order valence-corrected chi connectivity index (χ2v) is 5.67. The van der Waals surface area contributed by atoms with Gasteiger partial charge in [-0.15, -0.1) is 11.3 Å². The maximum atomic E-state index is 11.1. The fourth-order valence-electron chi connectivity index (χ4n) is 2.13. The molecule has 8 heteroatoms. The summed E-state index contributed by atoms with van der Waals surface area (Å²) in [7, 11) is 0. The maximum Gasteiger partial charge on any atom is 0.304 e. The molecule has 3 N–H and O–H groups in total. The van der Waals surface area contributed by atoms with Gasteiger partial charge < -0.3 is 15.7 Å². The molecule has 7 nitrogen and oxygen atoms in total. The van der Waals surface area contributed by atoms with Crippen LogP contribution in [0, 0.1) is 16.0 Å². The van der Waals surface area contributed by atoms with Gasteiger partial charge in [0, 0.05) is 24.0 Å². The molecule has 1 aliphatic rings. The van der Waals surface area contributed by atoms with Crippen LogP contribution in [0.5, 0.6) is 0 Å². The highest BCUT2D eigenvalue weighted by Gasteiger charge is 2.32. The van der Waals surface area contributed by atoms with Crippen LogP contribution in [0.3, 0.4) is 0 Å². The average Bonchev–Trinajstić information content (AvgIpc) is 2.95. The van der Waals surface area contributed by atoms with Crippen molar-refractivity contribution in [2.24, 2.45) is 11.7 Å². The number of rotatable bonds is 4. The topological polar surface area (TPSA) is 110 Å². The molecular weight excluding hydrogens is 270 g/mol. The second kappa shape index (κ2) is 5.14.